The van der Waals surface area contributed by atoms with Gasteiger partial charge < -0.3 is 10.6 Å². The van der Waals surface area contributed by atoms with Gasteiger partial charge in [0, 0.05) is 19.2 Å². The van der Waals surface area contributed by atoms with Gasteiger partial charge in [-0.1, -0.05) is 19.4 Å². The van der Waals surface area contributed by atoms with Gasteiger partial charge in [0.15, 0.2) is 0 Å². The molecule has 0 aliphatic rings. The predicted octanol–water partition coefficient (Wildman–Crippen LogP) is 2.29. The Kier molecular flexibility index (Phi) is 5.22. The lowest BCUT2D eigenvalue weighted by Gasteiger charge is -2.06. The number of hydrogen-bond donors (Lipinski definition) is 2. The van der Waals surface area contributed by atoms with Crippen molar-refractivity contribution >= 4 is 11.6 Å². The van der Waals surface area contributed by atoms with Gasteiger partial charge in [-0.05, 0) is 6.42 Å². The van der Waals surface area contributed by atoms with Crippen LogP contribution < -0.4 is 10.6 Å². The molecule has 0 fully saturated rings. The first-order valence-corrected chi connectivity index (χ1v) is 5.27. The molecule has 0 aliphatic carbocycles. The first-order chi connectivity index (χ1) is 7.36. The molecule has 15 heavy (non-hydrogen) atoms. The molecule has 82 valence electrons. The van der Waals surface area contributed by atoms with E-state index in [1.165, 1.54) is 6.42 Å². The number of unbranched alkanes of at least 4 members (excludes halogenated alkanes) is 1. The lowest BCUT2D eigenvalue weighted by Crippen LogP contribution is -2.05. The van der Waals surface area contributed by atoms with Gasteiger partial charge in [-0.25, -0.2) is 9.97 Å². The second-order valence-corrected chi connectivity index (χ2v) is 3.24. The molecule has 4 nitrogen and oxygen atoms in total. The van der Waals surface area contributed by atoms with Crippen molar-refractivity contribution in [1.82, 2.24) is 9.97 Å². The summed E-state index contributed by atoms with van der Waals surface area (Å²) in [6, 6.07) is 1.90. The lowest BCUT2D eigenvalue weighted by molar-refractivity contribution is 0.830. The Balaban J connectivity index is 2.46. The molecule has 0 spiro atoms. The van der Waals surface area contributed by atoms with Crippen molar-refractivity contribution in [3.8, 4) is 0 Å². The Morgan fingerprint density at radius 2 is 2.07 bits per heavy atom. The van der Waals surface area contributed by atoms with Crippen LogP contribution in [0.25, 0.3) is 0 Å². The lowest BCUT2D eigenvalue weighted by atomic mass is 10.3. The van der Waals surface area contributed by atoms with Crippen molar-refractivity contribution in [2.45, 2.75) is 19.8 Å². The molecule has 1 rings (SSSR count). The van der Waals surface area contributed by atoms with Crippen LogP contribution in [0.15, 0.2) is 25.0 Å². The van der Waals surface area contributed by atoms with Crippen molar-refractivity contribution in [3.05, 3.63) is 25.0 Å². The van der Waals surface area contributed by atoms with Gasteiger partial charge >= 0.3 is 0 Å². The average molecular weight is 206 g/mol. The summed E-state index contributed by atoms with van der Waals surface area (Å²) in [6.07, 6.45) is 5.69. The van der Waals surface area contributed by atoms with E-state index in [0.717, 1.165) is 24.6 Å². The fourth-order valence-electron chi connectivity index (χ4n) is 1.12. The fraction of sp³-hybridized carbons (Fsp3) is 0.455. The summed E-state index contributed by atoms with van der Waals surface area (Å²) < 4.78 is 0. The van der Waals surface area contributed by atoms with E-state index in [1.54, 1.807) is 12.4 Å². The highest BCUT2D eigenvalue weighted by molar-refractivity contribution is 5.46. The molecule has 0 aliphatic heterocycles. The second-order valence-electron chi connectivity index (χ2n) is 3.24. The van der Waals surface area contributed by atoms with E-state index in [9.17, 15) is 0 Å². The number of rotatable bonds is 7. The molecule has 0 radical (unpaired) electrons. The van der Waals surface area contributed by atoms with Gasteiger partial charge in [-0.15, -0.1) is 6.58 Å². The maximum Gasteiger partial charge on any atom is 0.131 e. The molecule has 0 saturated carbocycles. The first-order valence-electron chi connectivity index (χ1n) is 5.27. The van der Waals surface area contributed by atoms with Crippen molar-refractivity contribution in [3.63, 3.8) is 0 Å². The number of nitrogens with one attached hydrogen (secondary N) is 2. The monoisotopic (exact) mass is 206 g/mol. The quantitative estimate of drug-likeness (QED) is 0.531. The summed E-state index contributed by atoms with van der Waals surface area (Å²) in [5.41, 5.74) is 0. The largest absolute Gasteiger partial charge is 0.370 e. The fourth-order valence-corrected chi connectivity index (χ4v) is 1.12. The molecule has 1 heterocycles. The Morgan fingerprint density at radius 1 is 1.33 bits per heavy atom. The minimum atomic E-state index is 0.714. The van der Waals surface area contributed by atoms with E-state index in [4.69, 9.17) is 0 Å². The van der Waals surface area contributed by atoms with Gasteiger partial charge in [0.1, 0.15) is 18.0 Å². The smallest absolute Gasteiger partial charge is 0.131 e. The van der Waals surface area contributed by atoms with Crippen LogP contribution in [0.4, 0.5) is 11.6 Å². The zero-order valence-electron chi connectivity index (χ0n) is 9.16. The molecule has 0 amide bonds. The van der Waals surface area contributed by atoms with E-state index < -0.39 is 0 Å². The number of hydrogen-bond acceptors (Lipinski definition) is 4. The van der Waals surface area contributed by atoms with Gasteiger partial charge in [0.2, 0.25) is 0 Å². The Bertz CT molecular complexity index is 298. The summed E-state index contributed by atoms with van der Waals surface area (Å²) in [7, 11) is 0. The first kappa shape index (κ1) is 11.5. The normalized spacial score (nSPS) is 9.67. The third kappa shape index (κ3) is 4.44. The predicted molar refractivity (Wildman–Crippen MR) is 64.1 cm³/mol. The minimum absolute atomic E-state index is 0.714. The van der Waals surface area contributed by atoms with Crippen LogP contribution in [0.5, 0.6) is 0 Å². The number of anilines is 2. The third-order valence-corrected chi connectivity index (χ3v) is 1.93. The number of aromatic nitrogens is 2. The van der Waals surface area contributed by atoms with Gasteiger partial charge in [0.05, 0.1) is 0 Å². The molecule has 0 bridgehead atoms. The molecule has 2 N–H and O–H groups in total. The Morgan fingerprint density at radius 3 is 2.73 bits per heavy atom. The van der Waals surface area contributed by atoms with E-state index in [1.807, 2.05) is 6.07 Å². The van der Waals surface area contributed by atoms with Gasteiger partial charge in [-0.3, -0.25) is 0 Å². The van der Waals surface area contributed by atoms with Crippen LogP contribution in [-0.4, -0.2) is 23.1 Å². The highest BCUT2D eigenvalue weighted by atomic mass is 15.1. The van der Waals surface area contributed by atoms with Crippen LogP contribution in [0.1, 0.15) is 19.8 Å². The van der Waals surface area contributed by atoms with Crippen LogP contribution in [0, 0.1) is 0 Å². The van der Waals surface area contributed by atoms with Crippen molar-refractivity contribution < 1.29 is 0 Å². The molecule has 0 aromatic carbocycles. The highest BCUT2D eigenvalue weighted by Gasteiger charge is 1.96. The molecule has 0 saturated heterocycles. The van der Waals surface area contributed by atoms with Gasteiger partial charge in [-0.2, -0.15) is 0 Å². The molecule has 1 aromatic rings. The Labute approximate surface area is 90.8 Å². The molecule has 1 aromatic heterocycles. The zero-order chi connectivity index (χ0) is 10.9. The van der Waals surface area contributed by atoms with E-state index in [2.05, 4.69) is 34.1 Å². The van der Waals surface area contributed by atoms with Gasteiger partial charge in [0.25, 0.3) is 0 Å². The molecule has 0 unspecified atom stereocenters. The number of nitrogens with zero attached hydrogens (tertiary/aromatic N) is 2. The SMILES string of the molecule is C=CCNc1cc(NCCCC)ncn1. The topological polar surface area (TPSA) is 49.8 Å². The maximum absolute atomic E-state index is 4.13. The average Bonchev–Trinajstić information content (AvgIpc) is 2.27. The van der Waals surface area contributed by atoms with Crippen LogP contribution in [-0.2, 0) is 0 Å². The van der Waals surface area contributed by atoms with E-state index in [-0.39, 0.29) is 0 Å². The van der Waals surface area contributed by atoms with Crippen molar-refractivity contribution in [1.29, 1.82) is 0 Å². The second kappa shape index (κ2) is 6.81. The van der Waals surface area contributed by atoms with E-state index in [0.29, 0.717) is 6.54 Å². The minimum Gasteiger partial charge on any atom is -0.370 e. The molecule has 0 atom stereocenters. The van der Waals surface area contributed by atoms with Crippen LogP contribution in [0.3, 0.4) is 0 Å². The van der Waals surface area contributed by atoms with Crippen molar-refractivity contribution in [2.24, 2.45) is 0 Å². The summed E-state index contributed by atoms with van der Waals surface area (Å²) in [4.78, 5) is 8.23. The maximum atomic E-state index is 4.13. The van der Waals surface area contributed by atoms with E-state index >= 15 is 0 Å². The van der Waals surface area contributed by atoms with Crippen LogP contribution >= 0.6 is 0 Å². The molecular formula is C11H18N4. The van der Waals surface area contributed by atoms with Crippen molar-refractivity contribution in [2.75, 3.05) is 23.7 Å². The third-order valence-electron chi connectivity index (χ3n) is 1.93. The summed E-state index contributed by atoms with van der Waals surface area (Å²) >= 11 is 0. The standard InChI is InChI=1S/C11H18N4/c1-3-5-7-13-11-8-10(12-6-4-2)14-9-15-11/h4,8-9H,2-3,5-7H2,1H3,(H2,12,13,14,15). The van der Waals surface area contributed by atoms with Crippen LogP contribution in [0.2, 0.25) is 0 Å². The summed E-state index contributed by atoms with van der Waals surface area (Å²) in [6.45, 7) is 7.47. The summed E-state index contributed by atoms with van der Waals surface area (Å²) in [5.74, 6) is 1.69. The molecule has 4 heteroatoms. The Hall–Kier alpha value is -1.58. The zero-order valence-corrected chi connectivity index (χ0v) is 9.16. The molecular weight excluding hydrogens is 188 g/mol. The summed E-state index contributed by atoms with van der Waals surface area (Å²) in [5, 5.41) is 6.36. The highest BCUT2D eigenvalue weighted by Crippen LogP contribution is 2.08.